The number of hydrogen-bond acceptors (Lipinski definition) is 2. The Balaban J connectivity index is 2.79. The van der Waals surface area contributed by atoms with Crippen molar-refractivity contribution in [1.82, 2.24) is 4.90 Å². The number of amides is 1. The molecule has 3 nitrogen and oxygen atoms in total. The van der Waals surface area contributed by atoms with Gasteiger partial charge in [-0.3, -0.25) is 9.59 Å². The van der Waals surface area contributed by atoms with Gasteiger partial charge in [-0.25, -0.2) is 0 Å². The molecule has 0 radical (unpaired) electrons. The van der Waals surface area contributed by atoms with E-state index in [1.54, 1.807) is 31.1 Å². The Morgan fingerprint density at radius 3 is 2.28 bits per heavy atom. The molecule has 3 atom stereocenters. The first-order chi connectivity index (χ1) is 8.43. The van der Waals surface area contributed by atoms with E-state index in [2.05, 4.69) is 8.93 Å². The Morgan fingerprint density at radius 1 is 1.28 bits per heavy atom. The number of hydrogen-bond donors (Lipinski definition) is 0. The van der Waals surface area contributed by atoms with Gasteiger partial charge in [-0.1, -0.05) is 37.9 Å². The smallest absolute Gasteiger partial charge is 0.230 e. The van der Waals surface area contributed by atoms with Crippen LogP contribution >= 0.6 is 16.5 Å². The van der Waals surface area contributed by atoms with E-state index in [1.165, 1.54) is 0 Å². The second kappa shape index (κ2) is 6.97. The van der Waals surface area contributed by atoms with Gasteiger partial charge < -0.3 is 4.90 Å². The molecule has 0 aliphatic rings. The fourth-order valence-electron chi connectivity index (χ4n) is 1.62. The van der Waals surface area contributed by atoms with Gasteiger partial charge >= 0.3 is 0 Å². The molecule has 5 heteroatoms. The highest BCUT2D eigenvalue weighted by molar-refractivity contribution is 8.14. The van der Waals surface area contributed by atoms with Crippen molar-refractivity contribution in [2.45, 2.75) is 12.1 Å². The maximum atomic E-state index is 12.1. The summed E-state index contributed by atoms with van der Waals surface area (Å²) in [4.78, 5) is 25.7. The van der Waals surface area contributed by atoms with Crippen molar-refractivity contribution >= 4 is 28.2 Å². The van der Waals surface area contributed by atoms with Crippen LogP contribution in [0.5, 0.6) is 0 Å². The highest BCUT2D eigenvalue weighted by atomic mass is 32.0. The Labute approximate surface area is 112 Å². The molecule has 1 amide bonds. The van der Waals surface area contributed by atoms with Crippen LogP contribution < -0.4 is 0 Å². The monoisotopic (exact) mass is 283 g/mol. The first kappa shape index (κ1) is 15.3. The van der Waals surface area contributed by atoms with Crippen molar-refractivity contribution in [3.63, 3.8) is 0 Å². The molecule has 1 aromatic rings. The summed E-state index contributed by atoms with van der Waals surface area (Å²) < 4.78 is 0. The molecule has 0 heterocycles. The molecule has 0 bridgehead atoms. The van der Waals surface area contributed by atoms with Crippen molar-refractivity contribution in [3.8, 4) is 0 Å². The fraction of sp³-hybridized carbons (Fsp3) is 0.385. The molecule has 0 N–H and O–H groups in total. The van der Waals surface area contributed by atoms with Crippen molar-refractivity contribution in [2.24, 2.45) is 0 Å². The minimum absolute atomic E-state index is 0.0305. The lowest BCUT2D eigenvalue weighted by Crippen LogP contribution is -2.33. The third-order valence-electron chi connectivity index (χ3n) is 2.69. The molecule has 98 valence electrons. The highest BCUT2D eigenvalue weighted by Crippen LogP contribution is 2.47. The van der Waals surface area contributed by atoms with E-state index in [-0.39, 0.29) is 23.8 Å². The number of Topliss-reactive ketones (excluding diaryl/α,β-unsaturated/α-hetero) is 1. The third-order valence-corrected chi connectivity index (χ3v) is 5.16. The van der Waals surface area contributed by atoms with Crippen LogP contribution in [0.4, 0.5) is 0 Å². The van der Waals surface area contributed by atoms with Crippen molar-refractivity contribution in [1.29, 1.82) is 0 Å². The molecule has 0 aliphatic carbocycles. The molecular weight excluding hydrogens is 264 g/mol. The van der Waals surface area contributed by atoms with Crippen LogP contribution in [0, 0.1) is 0 Å². The summed E-state index contributed by atoms with van der Waals surface area (Å²) in [6.45, 7) is 2.00. The number of ketones is 1. The van der Waals surface area contributed by atoms with E-state index >= 15 is 0 Å². The van der Waals surface area contributed by atoms with Gasteiger partial charge in [-0.05, 0) is 6.66 Å². The summed E-state index contributed by atoms with van der Waals surface area (Å²) in [5.74, 6) is 0.0653. The van der Waals surface area contributed by atoms with E-state index in [0.717, 1.165) is 0 Å². The van der Waals surface area contributed by atoms with E-state index < -0.39 is 7.61 Å². The lowest BCUT2D eigenvalue weighted by atomic mass is 10.1. The van der Waals surface area contributed by atoms with Crippen molar-refractivity contribution in [3.05, 3.63) is 35.9 Å². The van der Waals surface area contributed by atoms with Gasteiger partial charge in [0, 0.05) is 26.1 Å². The van der Waals surface area contributed by atoms with Crippen LogP contribution in [0.15, 0.2) is 30.3 Å². The van der Waals surface area contributed by atoms with Crippen molar-refractivity contribution in [2.75, 3.05) is 20.8 Å². The summed E-state index contributed by atoms with van der Waals surface area (Å²) in [5, 5.41) is 0. The van der Waals surface area contributed by atoms with Crippen LogP contribution in [-0.2, 0) is 4.79 Å². The molecule has 0 saturated heterocycles. The molecule has 18 heavy (non-hydrogen) atoms. The summed E-state index contributed by atoms with van der Waals surface area (Å²) >= 11 is 0. The van der Waals surface area contributed by atoms with E-state index in [9.17, 15) is 9.59 Å². The van der Waals surface area contributed by atoms with Crippen LogP contribution in [-0.4, -0.2) is 43.0 Å². The molecule has 1 aromatic carbocycles. The van der Waals surface area contributed by atoms with Crippen molar-refractivity contribution < 1.29 is 9.59 Å². The van der Waals surface area contributed by atoms with Gasteiger partial charge in [0.25, 0.3) is 0 Å². The second-order valence-electron chi connectivity index (χ2n) is 4.41. The molecule has 0 spiro atoms. The normalized spacial score (nSPS) is 13.8. The summed E-state index contributed by atoms with van der Waals surface area (Å²) in [5.41, 5.74) is 0.462. The Hall–Kier alpha value is -0.780. The van der Waals surface area contributed by atoms with Crippen LogP contribution in [0.3, 0.4) is 0 Å². The predicted octanol–water partition coefficient (Wildman–Crippen LogP) is 2.62. The number of carbonyl (C=O) groups excluding carboxylic acids is 2. The fourth-order valence-corrected chi connectivity index (χ4v) is 3.35. The van der Waals surface area contributed by atoms with Gasteiger partial charge in [0.2, 0.25) is 5.91 Å². The standard InChI is InChI=1S/C13H19NO2P2/c1-14(2)13(16)12(18(3)17)9-11(15)10-7-5-4-6-8-10/h4-8,12H,9,17H2,1-3H3/t12-,18?/m1/s1. The molecule has 0 aliphatic heterocycles. The van der Waals surface area contributed by atoms with Crippen LogP contribution in [0.25, 0.3) is 0 Å². The Kier molecular flexibility index (Phi) is 5.91. The van der Waals surface area contributed by atoms with E-state index in [4.69, 9.17) is 0 Å². The first-order valence-corrected chi connectivity index (χ1v) is 9.18. The lowest BCUT2D eigenvalue weighted by Gasteiger charge is -2.23. The third kappa shape index (κ3) is 4.15. The Morgan fingerprint density at radius 2 is 1.83 bits per heavy atom. The lowest BCUT2D eigenvalue weighted by molar-refractivity contribution is -0.128. The minimum atomic E-state index is -0.554. The molecule has 2 unspecified atom stereocenters. The number of nitrogens with zero attached hydrogens (tertiary/aromatic N) is 1. The van der Waals surface area contributed by atoms with E-state index in [0.29, 0.717) is 5.56 Å². The average molecular weight is 283 g/mol. The van der Waals surface area contributed by atoms with Crippen LogP contribution in [0.2, 0.25) is 0 Å². The quantitative estimate of drug-likeness (QED) is 0.615. The maximum absolute atomic E-state index is 12.1. The zero-order valence-electron chi connectivity index (χ0n) is 11.0. The Bertz CT molecular complexity index is 418. The molecule has 0 fully saturated rings. The average Bonchev–Trinajstić information content (AvgIpc) is 2.35. The molecular formula is C13H19NO2P2. The van der Waals surface area contributed by atoms with Gasteiger partial charge in [0.1, 0.15) is 0 Å². The van der Waals surface area contributed by atoms with E-state index in [1.807, 2.05) is 24.9 Å². The molecule has 0 aromatic heterocycles. The summed E-state index contributed by atoms with van der Waals surface area (Å²) in [7, 11) is 5.58. The number of carbonyl (C=O) groups is 2. The number of rotatable bonds is 5. The highest BCUT2D eigenvalue weighted by Gasteiger charge is 2.26. The maximum Gasteiger partial charge on any atom is 0.230 e. The van der Waals surface area contributed by atoms with Gasteiger partial charge in [-0.15, -0.1) is 8.93 Å². The van der Waals surface area contributed by atoms with Gasteiger partial charge in [0.05, 0.1) is 5.66 Å². The zero-order valence-corrected chi connectivity index (χ0v) is 13.0. The van der Waals surface area contributed by atoms with Gasteiger partial charge in [0.15, 0.2) is 5.78 Å². The topological polar surface area (TPSA) is 37.4 Å². The molecule has 1 rings (SSSR count). The van der Waals surface area contributed by atoms with Crippen LogP contribution in [0.1, 0.15) is 16.8 Å². The SMILES string of the molecule is CN(C)C(=O)[C@@H](CC(=O)c1ccccc1)P(C)P. The largest absolute Gasteiger partial charge is 0.348 e. The summed E-state index contributed by atoms with van der Waals surface area (Å²) in [6.07, 6.45) is 0.284. The predicted molar refractivity (Wildman–Crippen MR) is 80.4 cm³/mol. The second-order valence-corrected chi connectivity index (χ2v) is 8.81. The minimum Gasteiger partial charge on any atom is -0.348 e. The molecule has 0 saturated carbocycles. The zero-order chi connectivity index (χ0) is 13.7. The first-order valence-electron chi connectivity index (χ1n) is 5.70. The number of benzene rings is 1. The van der Waals surface area contributed by atoms with Gasteiger partial charge in [-0.2, -0.15) is 0 Å². The summed E-state index contributed by atoms with van der Waals surface area (Å²) in [6, 6.07) is 9.14.